The van der Waals surface area contributed by atoms with Gasteiger partial charge in [-0.05, 0) is 23.9 Å². The van der Waals surface area contributed by atoms with Gasteiger partial charge in [0.15, 0.2) is 0 Å². The normalized spacial score (nSPS) is 23.6. The van der Waals surface area contributed by atoms with E-state index in [0.29, 0.717) is 34.4 Å². The van der Waals surface area contributed by atoms with Crippen molar-refractivity contribution in [2.24, 2.45) is 0 Å². The third kappa shape index (κ3) is 3.03. The Balaban J connectivity index is 1.61. The first kappa shape index (κ1) is 19.4. The molecule has 28 heavy (non-hydrogen) atoms. The summed E-state index contributed by atoms with van der Waals surface area (Å²) in [5.41, 5.74) is 0.448. The summed E-state index contributed by atoms with van der Waals surface area (Å²) in [6, 6.07) is 6.69. The molecule has 1 aromatic heterocycles. The van der Waals surface area contributed by atoms with Crippen molar-refractivity contribution >= 4 is 52.2 Å². The monoisotopic (exact) mass is 438 g/mol. The van der Waals surface area contributed by atoms with Crippen molar-refractivity contribution in [3.8, 4) is 11.5 Å². The standard InChI is InChI=1S/C19H19ClN2O4S2/c1-25-14-9-15(26-2)12(8-11(14)20)21-18(24)13-10-28-19(16-4-3-7-27-16)6-5-17(23)22(13)19/h3-4,7-9,13H,5-6,10H2,1-2H3,(H,21,24)/t13-,19+/m1/s1. The molecule has 2 aliphatic heterocycles. The van der Waals surface area contributed by atoms with Gasteiger partial charge >= 0.3 is 0 Å². The largest absolute Gasteiger partial charge is 0.495 e. The minimum Gasteiger partial charge on any atom is -0.495 e. The second kappa shape index (κ2) is 7.50. The quantitative estimate of drug-likeness (QED) is 0.765. The van der Waals surface area contributed by atoms with Gasteiger partial charge in [-0.3, -0.25) is 9.59 Å². The van der Waals surface area contributed by atoms with Crippen molar-refractivity contribution in [3.63, 3.8) is 0 Å². The highest BCUT2D eigenvalue weighted by atomic mass is 35.5. The lowest BCUT2D eigenvalue weighted by Gasteiger charge is -2.32. The van der Waals surface area contributed by atoms with Gasteiger partial charge in [-0.25, -0.2) is 0 Å². The van der Waals surface area contributed by atoms with Crippen LogP contribution in [0.25, 0.3) is 0 Å². The van der Waals surface area contributed by atoms with Crippen LogP contribution in [0.4, 0.5) is 5.69 Å². The number of nitrogens with zero attached hydrogens (tertiary/aromatic N) is 1. The summed E-state index contributed by atoms with van der Waals surface area (Å²) in [6.07, 6.45) is 1.17. The van der Waals surface area contributed by atoms with Crippen molar-refractivity contribution < 1.29 is 19.1 Å². The molecule has 2 atom stereocenters. The Morgan fingerprint density at radius 3 is 2.79 bits per heavy atom. The van der Waals surface area contributed by atoms with E-state index >= 15 is 0 Å². The van der Waals surface area contributed by atoms with E-state index in [0.717, 1.165) is 11.3 Å². The number of thioether (sulfide) groups is 1. The molecular weight excluding hydrogens is 420 g/mol. The lowest BCUT2D eigenvalue weighted by atomic mass is 10.1. The number of methoxy groups -OCH3 is 2. The molecule has 0 spiro atoms. The number of carbonyl (C=O) groups is 2. The number of hydrogen-bond acceptors (Lipinski definition) is 6. The maximum Gasteiger partial charge on any atom is 0.248 e. The van der Waals surface area contributed by atoms with Crippen molar-refractivity contribution in [2.45, 2.75) is 23.8 Å². The molecule has 4 rings (SSSR count). The second-order valence-corrected chi connectivity index (χ2v) is 9.18. The smallest absolute Gasteiger partial charge is 0.248 e. The molecule has 1 aromatic carbocycles. The molecule has 3 heterocycles. The van der Waals surface area contributed by atoms with Gasteiger partial charge in [0, 0.05) is 23.1 Å². The highest BCUT2D eigenvalue weighted by Crippen LogP contribution is 2.55. The van der Waals surface area contributed by atoms with E-state index in [1.54, 1.807) is 40.1 Å². The van der Waals surface area contributed by atoms with E-state index < -0.39 is 10.9 Å². The van der Waals surface area contributed by atoms with Crippen LogP contribution >= 0.6 is 34.7 Å². The van der Waals surface area contributed by atoms with Crippen LogP contribution in [-0.4, -0.2) is 42.7 Å². The van der Waals surface area contributed by atoms with E-state index in [2.05, 4.69) is 5.32 Å². The van der Waals surface area contributed by atoms with Gasteiger partial charge in [0.1, 0.15) is 22.4 Å². The van der Waals surface area contributed by atoms with Crippen LogP contribution in [0.2, 0.25) is 5.02 Å². The van der Waals surface area contributed by atoms with Gasteiger partial charge in [-0.15, -0.1) is 23.1 Å². The molecule has 148 valence electrons. The number of nitrogens with one attached hydrogen (secondary N) is 1. The lowest BCUT2D eigenvalue weighted by molar-refractivity contribution is -0.136. The minimum absolute atomic E-state index is 0.0123. The fourth-order valence-electron chi connectivity index (χ4n) is 3.76. The van der Waals surface area contributed by atoms with Crippen LogP contribution in [0.1, 0.15) is 17.7 Å². The molecule has 1 N–H and O–H groups in total. The number of hydrogen-bond donors (Lipinski definition) is 1. The molecule has 2 saturated heterocycles. The Hall–Kier alpha value is -1.90. The van der Waals surface area contributed by atoms with Crippen LogP contribution in [-0.2, 0) is 14.5 Å². The van der Waals surface area contributed by atoms with E-state index in [1.165, 1.54) is 14.2 Å². The van der Waals surface area contributed by atoms with Crippen molar-refractivity contribution in [2.75, 3.05) is 25.3 Å². The van der Waals surface area contributed by atoms with E-state index in [1.807, 2.05) is 17.5 Å². The second-order valence-electron chi connectivity index (χ2n) is 6.53. The summed E-state index contributed by atoms with van der Waals surface area (Å²) in [5, 5.41) is 5.25. The molecule has 2 aromatic rings. The molecule has 2 aliphatic rings. The summed E-state index contributed by atoms with van der Waals surface area (Å²) < 4.78 is 10.5. The van der Waals surface area contributed by atoms with Crippen LogP contribution < -0.4 is 14.8 Å². The van der Waals surface area contributed by atoms with E-state index in [4.69, 9.17) is 21.1 Å². The third-order valence-corrected chi connectivity index (χ3v) is 8.09. The number of anilines is 1. The molecule has 0 radical (unpaired) electrons. The van der Waals surface area contributed by atoms with Gasteiger partial charge < -0.3 is 19.7 Å². The first-order valence-electron chi connectivity index (χ1n) is 8.72. The Bertz CT molecular complexity index is 921. The molecule has 6 nitrogen and oxygen atoms in total. The Morgan fingerprint density at radius 2 is 2.11 bits per heavy atom. The van der Waals surface area contributed by atoms with Gasteiger partial charge in [-0.2, -0.15) is 0 Å². The van der Waals surface area contributed by atoms with Gasteiger partial charge in [0.05, 0.1) is 24.9 Å². The van der Waals surface area contributed by atoms with Crippen LogP contribution in [0.15, 0.2) is 29.6 Å². The summed E-state index contributed by atoms with van der Waals surface area (Å²) in [5.74, 6) is 1.21. The lowest BCUT2D eigenvalue weighted by Crippen LogP contribution is -2.47. The fraction of sp³-hybridized carbons (Fsp3) is 0.368. The first-order chi connectivity index (χ1) is 13.5. The van der Waals surface area contributed by atoms with Crippen LogP contribution in [0.5, 0.6) is 11.5 Å². The van der Waals surface area contributed by atoms with Gasteiger partial charge in [0.25, 0.3) is 0 Å². The number of benzene rings is 1. The average molecular weight is 439 g/mol. The number of halogens is 1. The molecule has 0 saturated carbocycles. The molecule has 9 heteroatoms. The Morgan fingerprint density at radius 1 is 1.32 bits per heavy atom. The van der Waals surface area contributed by atoms with Crippen LogP contribution in [0.3, 0.4) is 0 Å². The number of rotatable bonds is 5. The first-order valence-corrected chi connectivity index (χ1v) is 11.0. The average Bonchev–Trinajstić information content (AvgIpc) is 3.40. The summed E-state index contributed by atoms with van der Waals surface area (Å²) in [7, 11) is 3.02. The Kier molecular flexibility index (Phi) is 5.20. The zero-order valence-corrected chi connectivity index (χ0v) is 17.7. The maximum atomic E-state index is 13.1. The number of fused-ring (bicyclic) bond motifs is 1. The molecule has 0 aliphatic carbocycles. The van der Waals surface area contributed by atoms with Crippen LogP contribution in [0, 0.1) is 0 Å². The van der Waals surface area contributed by atoms with Crippen molar-refractivity contribution in [1.29, 1.82) is 0 Å². The van der Waals surface area contributed by atoms with Crippen molar-refractivity contribution in [3.05, 3.63) is 39.5 Å². The molecule has 0 unspecified atom stereocenters. The minimum atomic E-state index is -0.548. The van der Waals surface area contributed by atoms with Gasteiger partial charge in [0.2, 0.25) is 11.8 Å². The topological polar surface area (TPSA) is 67.9 Å². The maximum absolute atomic E-state index is 13.1. The summed E-state index contributed by atoms with van der Waals surface area (Å²) in [4.78, 5) is 28.2. The highest BCUT2D eigenvalue weighted by molar-refractivity contribution is 8.00. The van der Waals surface area contributed by atoms with E-state index in [-0.39, 0.29) is 11.8 Å². The molecule has 2 fully saturated rings. The summed E-state index contributed by atoms with van der Waals surface area (Å²) in [6.45, 7) is 0. The highest BCUT2D eigenvalue weighted by Gasteiger charge is 2.57. The number of amides is 2. The third-order valence-electron chi connectivity index (χ3n) is 5.07. The number of carbonyl (C=O) groups excluding carboxylic acids is 2. The fourth-order valence-corrected chi connectivity index (χ4v) is 6.72. The zero-order chi connectivity index (χ0) is 19.9. The SMILES string of the molecule is COc1cc(OC)c(NC(=O)[C@H]2CS[C@]3(c4cccs4)CCC(=O)N23)cc1Cl. The van der Waals surface area contributed by atoms with Crippen molar-refractivity contribution in [1.82, 2.24) is 4.90 Å². The number of thiophene rings is 1. The predicted molar refractivity (Wildman–Crippen MR) is 112 cm³/mol. The molecule has 0 bridgehead atoms. The molecular formula is C19H19ClN2O4S2. The predicted octanol–water partition coefficient (Wildman–Crippen LogP) is 3.95. The van der Waals surface area contributed by atoms with E-state index in [9.17, 15) is 9.59 Å². The van der Waals surface area contributed by atoms with Gasteiger partial charge in [-0.1, -0.05) is 17.7 Å². The Labute approximate surface area is 176 Å². The number of ether oxygens (including phenoxy) is 2. The zero-order valence-electron chi connectivity index (χ0n) is 15.4. The molecule has 2 amide bonds. The summed E-state index contributed by atoms with van der Waals surface area (Å²) >= 11 is 9.49.